The zero-order chi connectivity index (χ0) is 16.7. The van der Waals surface area contributed by atoms with Crippen LogP contribution in [0, 0.1) is 0 Å². The quantitative estimate of drug-likeness (QED) is 0.664. The third-order valence-electron chi connectivity index (χ3n) is 3.26. The van der Waals surface area contributed by atoms with Gasteiger partial charge in [0.1, 0.15) is 0 Å². The van der Waals surface area contributed by atoms with Crippen LogP contribution in [0.5, 0.6) is 0 Å². The molecule has 1 aromatic carbocycles. The zero-order valence-electron chi connectivity index (χ0n) is 14.0. The van der Waals surface area contributed by atoms with Gasteiger partial charge in [-0.15, -0.1) is 0 Å². The number of hydrogen-bond acceptors (Lipinski definition) is 5. The van der Waals surface area contributed by atoms with Crippen LogP contribution in [-0.2, 0) is 14.4 Å². The van der Waals surface area contributed by atoms with E-state index in [0.29, 0.717) is 0 Å². The van der Waals surface area contributed by atoms with Crippen molar-refractivity contribution in [2.75, 3.05) is 37.8 Å². The minimum atomic E-state index is -0.264. The molecule has 6 heteroatoms. The largest absolute Gasteiger partial charge is 0.386 e. The van der Waals surface area contributed by atoms with Gasteiger partial charge in [0, 0.05) is 24.3 Å². The van der Waals surface area contributed by atoms with Crippen LogP contribution in [0.3, 0.4) is 0 Å². The first kappa shape index (κ1) is 17.3. The fourth-order valence-corrected chi connectivity index (χ4v) is 2.24. The fourth-order valence-electron chi connectivity index (χ4n) is 2.24. The number of nitrogens with one attached hydrogen (secondary N) is 1. The first-order chi connectivity index (χ1) is 10.9. The Hall–Kier alpha value is -2.08. The molecule has 1 heterocycles. The Labute approximate surface area is 137 Å². The van der Waals surface area contributed by atoms with E-state index >= 15 is 0 Å². The first-order valence-corrected chi connectivity index (χ1v) is 7.83. The molecule has 126 valence electrons. The number of hydrogen-bond donors (Lipinski definition) is 1. The Morgan fingerprint density at radius 2 is 1.96 bits per heavy atom. The van der Waals surface area contributed by atoms with Crippen molar-refractivity contribution in [2.24, 2.45) is 5.16 Å². The third kappa shape index (κ3) is 6.28. The summed E-state index contributed by atoms with van der Waals surface area (Å²) in [5.74, 6) is -0.183. The van der Waals surface area contributed by atoms with Crippen LogP contribution in [0.2, 0.25) is 0 Å². The second-order valence-electron chi connectivity index (χ2n) is 6.50. The summed E-state index contributed by atoms with van der Waals surface area (Å²) in [6, 6.07) is 8.07. The number of rotatable bonds is 5. The van der Waals surface area contributed by atoms with Crippen molar-refractivity contribution in [2.45, 2.75) is 26.3 Å². The molecule has 1 amide bonds. The molecule has 0 aliphatic carbocycles. The van der Waals surface area contributed by atoms with E-state index in [1.807, 2.05) is 32.9 Å². The Bertz CT molecular complexity index is 529. The summed E-state index contributed by atoms with van der Waals surface area (Å²) in [5.41, 5.74) is 1.84. The van der Waals surface area contributed by atoms with Crippen LogP contribution in [0.4, 0.5) is 5.69 Å². The van der Waals surface area contributed by atoms with Gasteiger partial charge in [0.25, 0.3) is 5.91 Å². The Kier molecular flexibility index (Phi) is 5.98. The molecule has 1 N–H and O–H groups in total. The molecule has 1 aromatic rings. The van der Waals surface area contributed by atoms with Crippen molar-refractivity contribution in [1.29, 1.82) is 0 Å². The predicted molar refractivity (Wildman–Crippen MR) is 90.9 cm³/mol. The van der Waals surface area contributed by atoms with E-state index in [4.69, 9.17) is 9.57 Å². The highest BCUT2D eigenvalue weighted by molar-refractivity contribution is 5.80. The fraction of sp³-hybridized carbons (Fsp3) is 0.529. The molecular formula is C17H25N3O3. The smallest absolute Gasteiger partial charge is 0.261 e. The summed E-state index contributed by atoms with van der Waals surface area (Å²) in [6.45, 7) is 9.05. The normalized spacial score (nSPS) is 15.7. The molecule has 0 aromatic heterocycles. The molecule has 1 aliphatic heterocycles. The molecule has 2 rings (SSSR count). The topological polar surface area (TPSA) is 63.2 Å². The van der Waals surface area contributed by atoms with Crippen LogP contribution in [0.25, 0.3) is 0 Å². The minimum absolute atomic E-state index is 0.0837. The average Bonchev–Trinajstić information content (AvgIpc) is 2.51. The molecule has 1 fully saturated rings. The third-order valence-corrected chi connectivity index (χ3v) is 3.26. The number of ether oxygens (including phenoxy) is 1. The van der Waals surface area contributed by atoms with Crippen molar-refractivity contribution in [3.63, 3.8) is 0 Å². The Morgan fingerprint density at radius 1 is 1.30 bits per heavy atom. The van der Waals surface area contributed by atoms with Crippen LogP contribution >= 0.6 is 0 Å². The summed E-state index contributed by atoms with van der Waals surface area (Å²) in [7, 11) is 0. The van der Waals surface area contributed by atoms with Crippen LogP contribution < -0.4 is 10.2 Å². The van der Waals surface area contributed by atoms with Gasteiger partial charge in [-0.25, -0.2) is 0 Å². The molecule has 1 saturated heterocycles. The van der Waals surface area contributed by atoms with E-state index in [0.717, 1.165) is 31.9 Å². The monoisotopic (exact) mass is 319 g/mol. The van der Waals surface area contributed by atoms with Gasteiger partial charge < -0.3 is 19.8 Å². The number of anilines is 1. The number of morpholine rings is 1. The highest BCUT2D eigenvalue weighted by Crippen LogP contribution is 2.15. The van der Waals surface area contributed by atoms with Crippen LogP contribution in [-0.4, -0.2) is 50.6 Å². The van der Waals surface area contributed by atoms with E-state index in [-0.39, 0.29) is 18.1 Å². The molecule has 0 atom stereocenters. The number of oxime groups is 1. The second kappa shape index (κ2) is 7.97. The zero-order valence-corrected chi connectivity index (χ0v) is 14.0. The van der Waals surface area contributed by atoms with E-state index in [1.165, 1.54) is 5.69 Å². The van der Waals surface area contributed by atoms with Gasteiger partial charge in [-0.2, -0.15) is 0 Å². The minimum Gasteiger partial charge on any atom is -0.386 e. The van der Waals surface area contributed by atoms with Gasteiger partial charge in [-0.3, -0.25) is 4.79 Å². The van der Waals surface area contributed by atoms with Crippen molar-refractivity contribution >= 4 is 17.8 Å². The predicted octanol–water partition coefficient (Wildman–Crippen LogP) is 1.79. The lowest BCUT2D eigenvalue weighted by Crippen LogP contribution is -2.42. The maximum absolute atomic E-state index is 11.6. The molecule has 6 nitrogen and oxygen atoms in total. The van der Waals surface area contributed by atoms with Crippen LogP contribution in [0.1, 0.15) is 26.3 Å². The molecule has 0 saturated carbocycles. The molecular weight excluding hydrogens is 294 g/mol. The summed E-state index contributed by atoms with van der Waals surface area (Å²) < 4.78 is 5.35. The molecule has 0 unspecified atom stereocenters. The van der Waals surface area contributed by atoms with Crippen molar-refractivity contribution in [1.82, 2.24) is 5.32 Å². The van der Waals surface area contributed by atoms with E-state index in [9.17, 15) is 4.79 Å². The van der Waals surface area contributed by atoms with Gasteiger partial charge in [0.15, 0.2) is 6.61 Å². The number of carbonyl (C=O) groups excluding carboxylic acids is 1. The lowest BCUT2D eigenvalue weighted by molar-refractivity contribution is -0.127. The SMILES string of the molecule is CC(C)(C)NC(=O)CON=Cc1ccc(N2CCOCC2)cc1. The highest BCUT2D eigenvalue weighted by atomic mass is 16.6. The van der Waals surface area contributed by atoms with Crippen LogP contribution in [0.15, 0.2) is 29.4 Å². The maximum Gasteiger partial charge on any atom is 0.261 e. The number of nitrogens with zero attached hydrogens (tertiary/aromatic N) is 2. The van der Waals surface area contributed by atoms with Gasteiger partial charge >= 0.3 is 0 Å². The molecule has 0 bridgehead atoms. The standard InChI is InChI=1S/C17H25N3O3/c1-17(2,3)19-16(21)13-23-18-12-14-4-6-15(7-5-14)20-8-10-22-11-9-20/h4-7,12H,8-11,13H2,1-3H3,(H,19,21). The highest BCUT2D eigenvalue weighted by Gasteiger charge is 2.13. The summed E-state index contributed by atoms with van der Waals surface area (Å²) in [6.07, 6.45) is 1.60. The molecule has 23 heavy (non-hydrogen) atoms. The molecule has 0 spiro atoms. The average molecular weight is 319 g/mol. The lowest BCUT2D eigenvalue weighted by Gasteiger charge is -2.28. The Morgan fingerprint density at radius 3 is 2.57 bits per heavy atom. The van der Waals surface area contributed by atoms with Crippen molar-refractivity contribution < 1.29 is 14.4 Å². The number of carbonyl (C=O) groups is 1. The Balaban J connectivity index is 1.78. The van der Waals surface area contributed by atoms with Gasteiger partial charge in [0.05, 0.1) is 19.4 Å². The second-order valence-corrected chi connectivity index (χ2v) is 6.50. The number of benzene rings is 1. The van der Waals surface area contributed by atoms with Crippen molar-refractivity contribution in [3.05, 3.63) is 29.8 Å². The maximum atomic E-state index is 11.6. The van der Waals surface area contributed by atoms with E-state index in [2.05, 4.69) is 27.5 Å². The summed E-state index contributed by atoms with van der Waals surface area (Å²) in [5, 5.41) is 6.64. The first-order valence-electron chi connectivity index (χ1n) is 7.83. The van der Waals surface area contributed by atoms with Gasteiger partial charge in [0.2, 0.25) is 0 Å². The lowest BCUT2D eigenvalue weighted by atomic mass is 10.1. The summed E-state index contributed by atoms with van der Waals surface area (Å²) in [4.78, 5) is 18.9. The molecule has 1 aliphatic rings. The van der Waals surface area contributed by atoms with Gasteiger partial charge in [-0.1, -0.05) is 17.3 Å². The van der Waals surface area contributed by atoms with E-state index < -0.39 is 0 Å². The summed E-state index contributed by atoms with van der Waals surface area (Å²) >= 11 is 0. The molecule has 0 radical (unpaired) electrons. The van der Waals surface area contributed by atoms with Gasteiger partial charge in [-0.05, 0) is 38.5 Å². The van der Waals surface area contributed by atoms with Crippen molar-refractivity contribution in [3.8, 4) is 0 Å². The number of amides is 1. The van der Waals surface area contributed by atoms with E-state index in [1.54, 1.807) is 6.21 Å².